The van der Waals surface area contributed by atoms with Crippen LogP contribution in [-0.4, -0.2) is 34.6 Å². The molecule has 3 aromatic carbocycles. The normalized spacial score (nSPS) is 12.6. The lowest BCUT2D eigenvalue weighted by atomic mass is 10.0. The summed E-state index contributed by atoms with van der Waals surface area (Å²) >= 11 is 7.55. The second-order valence-electron chi connectivity index (χ2n) is 9.15. The SMILES string of the molecule is CC[C@@H](C)NC(=O)[C@@H](Cc1ccccc1)N(Cc1cccc(C)c1)C(=O)CSCc1ccc(Cl)cc1. The van der Waals surface area contributed by atoms with E-state index < -0.39 is 6.04 Å². The van der Waals surface area contributed by atoms with Crippen molar-refractivity contribution >= 4 is 35.2 Å². The Hall–Kier alpha value is -2.76. The van der Waals surface area contributed by atoms with Gasteiger partial charge in [-0.25, -0.2) is 0 Å². The van der Waals surface area contributed by atoms with Crippen LogP contribution in [-0.2, 0) is 28.3 Å². The lowest BCUT2D eigenvalue weighted by Gasteiger charge is -2.32. The molecule has 0 saturated carbocycles. The van der Waals surface area contributed by atoms with Crippen molar-refractivity contribution in [3.8, 4) is 0 Å². The Labute approximate surface area is 224 Å². The Morgan fingerprint density at radius 3 is 2.31 bits per heavy atom. The lowest BCUT2D eigenvalue weighted by molar-refractivity contribution is -0.139. The second-order valence-corrected chi connectivity index (χ2v) is 10.6. The van der Waals surface area contributed by atoms with Gasteiger partial charge in [0.05, 0.1) is 5.75 Å². The maximum atomic E-state index is 13.7. The summed E-state index contributed by atoms with van der Waals surface area (Å²) in [6.45, 7) is 6.45. The standard InChI is InChI=1S/C30H35ClN2O2S/c1-4-23(3)32-30(35)28(18-24-10-6-5-7-11-24)33(19-26-12-8-9-22(2)17-26)29(34)21-36-20-25-13-15-27(31)16-14-25/h5-17,23,28H,4,18-21H2,1-3H3,(H,32,35)/t23-,28-/m1/s1. The fraction of sp³-hybridized carbons (Fsp3) is 0.333. The van der Waals surface area contributed by atoms with Crippen LogP contribution in [0.2, 0.25) is 5.02 Å². The molecule has 0 heterocycles. The molecule has 3 aromatic rings. The zero-order valence-corrected chi connectivity index (χ0v) is 22.8. The van der Waals surface area contributed by atoms with Crippen LogP contribution in [0.3, 0.4) is 0 Å². The van der Waals surface area contributed by atoms with E-state index in [-0.39, 0.29) is 23.6 Å². The number of carbonyl (C=O) groups excluding carboxylic acids is 2. The number of carbonyl (C=O) groups is 2. The van der Waals surface area contributed by atoms with Crippen molar-refractivity contribution in [2.45, 2.75) is 58.0 Å². The number of halogens is 1. The van der Waals surface area contributed by atoms with Gasteiger partial charge in [0.15, 0.2) is 0 Å². The van der Waals surface area contributed by atoms with E-state index in [1.807, 2.05) is 93.6 Å². The van der Waals surface area contributed by atoms with E-state index in [0.29, 0.717) is 23.7 Å². The first-order valence-electron chi connectivity index (χ1n) is 12.4. The highest BCUT2D eigenvalue weighted by Crippen LogP contribution is 2.20. The Kier molecular flexibility index (Phi) is 10.9. The third kappa shape index (κ3) is 8.72. The highest BCUT2D eigenvalue weighted by Gasteiger charge is 2.30. The minimum absolute atomic E-state index is 0.0333. The van der Waals surface area contributed by atoms with Crippen LogP contribution in [0.4, 0.5) is 0 Å². The molecule has 0 saturated heterocycles. The molecule has 0 spiro atoms. The van der Waals surface area contributed by atoms with Crippen LogP contribution < -0.4 is 5.32 Å². The molecule has 3 rings (SSSR count). The summed E-state index contributed by atoms with van der Waals surface area (Å²) in [6.07, 6.45) is 1.29. The quantitative estimate of drug-likeness (QED) is 0.298. The summed E-state index contributed by atoms with van der Waals surface area (Å²) in [7, 11) is 0. The Morgan fingerprint density at radius 2 is 1.64 bits per heavy atom. The monoisotopic (exact) mass is 522 g/mol. The molecule has 36 heavy (non-hydrogen) atoms. The molecule has 0 radical (unpaired) electrons. The summed E-state index contributed by atoms with van der Waals surface area (Å²) in [4.78, 5) is 29.0. The molecular weight excluding hydrogens is 488 g/mol. The second kappa shape index (κ2) is 14.1. The fourth-order valence-electron chi connectivity index (χ4n) is 3.92. The summed E-state index contributed by atoms with van der Waals surface area (Å²) in [5, 5.41) is 3.81. The highest BCUT2D eigenvalue weighted by atomic mass is 35.5. The Morgan fingerprint density at radius 1 is 0.944 bits per heavy atom. The number of aryl methyl sites for hydroxylation is 1. The molecule has 2 atom stereocenters. The number of rotatable bonds is 12. The van der Waals surface area contributed by atoms with Gasteiger partial charge in [-0.15, -0.1) is 11.8 Å². The van der Waals surface area contributed by atoms with Gasteiger partial charge in [-0.3, -0.25) is 9.59 Å². The first kappa shape index (κ1) is 27.8. The number of amides is 2. The maximum Gasteiger partial charge on any atom is 0.243 e. The molecule has 0 aliphatic heterocycles. The van der Waals surface area contributed by atoms with Gasteiger partial charge in [-0.1, -0.05) is 90.8 Å². The number of hydrogen-bond acceptors (Lipinski definition) is 3. The number of hydrogen-bond donors (Lipinski definition) is 1. The molecule has 4 nitrogen and oxygen atoms in total. The summed E-state index contributed by atoms with van der Waals surface area (Å²) in [6, 6.07) is 25.1. The van der Waals surface area contributed by atoms with Crippen LogP contribution in [0.5, 0.6) is 0 Å². The van der Waals surface area contributed by atoms with Crippen molar-refractivity contribution in [2.24, 2.45) is 0 Å². The van der Waals surface area contributed by atoms with Gasteiger partial charge in [0.1, 0.15) is 6.04 Å². The van der Waals surface area contributed by atoms with Crippen LogP contribution in [0.15, 0.2) is 78.9 Å². The molecule has 0 bridgehead atoms. The van der Waals surface area contributed by atoms with E-state index in [2.05, 4.69) is 11.4 Å². The summed E-state index contributed by atoms with van der Waals surface area (Å²) < 4.78 is 0. The Balaban J connectivity index is 1.85. The number of nitrogens with one attached hydrogen (secondary N) is 1. The molecule has 0 aromatic heterocycles. The number of nitrogens with zero attached hydrogens (tertiary/aromatic N) is 1. The van der Waals surface area contributed by atoms with Gasteiger partial charge in [0.2, 0.25) is 11.8 Å². The van der Waals surface area contributed by atoms with E-state index in [1.165, 1.54) is 0 Å². The molecular formula is C30H35ClN2O2S. The van der Waals surface area contributed by atoms with Crippen molar-refractivity contribution in [1.29, 1.82) is 0 Å². The smallest absolute Gasteiger partial charge is 0.243 e. The third-order valence-electron chi connectivity index (χ3n) is 6.12. The van der Waals surface area contributed by atoms with Crippen LogP contribution in [0, 0.1) is 6.92 Å². The Bertz CT molecular complexity index is 1120. The number of thioether (sulfide) groups is 1. The largest absolute Gasteiger partial charge is 0.352 e. The third-order valence-corrected chi connectivity index (χ3v) is 7.36. The highest BCUT2D eigenvalue weighted by molar-refractivity contribution is 7.99. The average Bonchev–Trinajstić information content (AvgIpc) is 2.87. The first-order valence-corrected chi connectivity index (χ1v) is 13.9. The molecule has 1 N–H and O–H groups in total. The van der Waals surface area contributed by atoms with Crippen molar-refractivity contribution < 1.29 is 9.59 Å². The van der Waals surface area contributed by atoms with Crippen molar-refractivity contribution in [2.75, 3.05) is 5.75 Å². The zero-order chi connectivity index (χ0) is 25.9. The molecule has 0 aliphatic rings. The van der Waals surface area contributed by atoms with Crippen molar-refractivity contribution in [1.82, 2.24) is 10.2 Å². The van der Waals surface area contributed by atoms with E-state index in [4.69, 9.17) is 11.6 Å². The van der Waals surface area contributed by atoms with Crippen molar-refractivity contribution in [3.05, 3.63) is 106 Å². The van der Waals surface area contributed by atoms with Crippen LogP contribution in [0.25, 0.3) is 0 Å². The van der Waals surface area contributed by atoms with Crippen LogP contribution in [0.1, 0.15) is 42.5 Å². The predicted octanol–water partition coefficient (Wildman–Crippen LogP) is 6.44. The minimum atomic E-state index is -0.606. The van der Waals surface area contributed by atoms with Gasteiger partial charge in [-0.2, -0.15) is 0 Å². The van der Waals surface area contributed by atoms with Gasteiger partial charge >= 0.3 is 0 Å². The molecule has 2 amide bonds. The predicted molar refractivity (Wildman–Crippen MR) is 151 cm³/mol. The molecule has 0 unspecified atom stereocenters. The van der Waals surface area contributed by atoms with Gasteiger partial charge in [-0.05, 0) is 49.1 Å². The van der Waals surface area contributed by atoms with Crippen LogP contribution >= 0.6 is 23.4 Å². The number of benzene rings is 3. The first-order chi connectivity index (χ1) is 17.4. The fourth-order valence-corrected chi connectivity index (χ4v) is 4.92. The zero-order valence-electron chi connectivity index (χ0n) is 21.2. The lowest BCUT2D eigenvalue weighted by Crippen LogP contribution is -2.52. The molecule has 190 valence electrons. The van der Waals surface area contributed by atoms with E-state index in [9.17, 15) is 9.59 Å². The maximum absolute atomic E-state index is 13.7. The topological polar surface area (TPSA) is 49.4 Å². The molecule has 0 aliphatic carbocycles. The molecule has 0 fully saturated rings. The van der Waals surface area contributed by atoms with Gasteiger partial charge in [0, 0.05) is 29.8 Å². The van der Waals surface area contributed by atoms with Gasteiger partial charge < -0.3 is 10.2 Å². The summed E-state index contributed by atoms with van der Waals surface area (Å²) in [5.41, 5.74) is 4.27. The van der Waals surface area contributed by atoms with E-state index in [0.717, 1.165) is 28.7 Å². The minimum Gasteiger partial charge on any atom is -0.352 e. The summed E-state index contributed by atoms with van der Waals surface area (Å²) in [5.74, 6) is 0.826. The van der Waals surface area contributed by atoms with E-state index in [1.54, 1.807) is 16.7 Å². The van der Waals surface area contributed by atoms with E-state index >= 15 is 0 Å². The average molecular weight is 523 g/mol. The van der Waals surface area contributed by atoms with Crippen molar-refractivity contribution in [3.63, 3.8) is 0 Å². The van der Waals surface area contributed by atoms with Gasteiger partial charge in [0.25, 0.3) is 0 Å². The molecule has 6 heteroatoms.